The van der Waals surface area contributed by atoms with Crippen molar-refractivity contribution in [1.82, 2.24) is 0 Å². The molecule has 4 nitrogen and oxygen atoms in total. The summed E-state index contributed by atoms with van der Waals surface area (Å²) in [4.78, 5) is 0. The second kappa shape index (κ2) is 4.69. The molecule has 0 spiro atoms. The largest absolute Gasteiger partial charge is 0.534 e. The lowest BCUT2D eigenvalue weighted by molar-refractivity contribution is -0.0510. The molecular formula is C12H11F3O4S. The first kappa shape index (κ1) is 14.7. The third-order valence-electron chi connectivity index (χ3n) is 2.88. The molecule has 0 radical (unpaired) electrons. The fourth-order valence-electron chi connectivity index (χ4n) is 1.70. The molecule has 0 N–H and O–H groups in total. The molecule has 1 aromatic carbocycles. The molecule has 0 saturated carbocycles. The number of rotatable bonds is 2. The number of para-hydroxylation sites is 1. The van der Waals surface area contributed by atoms with Gasteiger partial charge in [-0.05, 0) is 26.0 Å². The summed E-state index contributed by atoms with van der Waals surface area (Å²) in [7, 11) is -5.71. The predicted octanol–water partition coefficient (Wildman–Crippen LogP) is 3.06. The van der Waals surface area contributed by atoms with Gasteiger partial charge >= 0.3 is 15.6 Å². The van der Waals surface area contributed by atoms with Crippen LogP contribution >= 0.6 is 0 Å². The van der Waals surface area contributed by atoms with Crippen LogP contribution in [0.1, 0.15) is 19.4 Å². The zero-order valence-electron chi connectivity index (χ0n) is 10.6. The summed E-state index contributed by atoms with van der Waals surface area (Å²) in [5.74, 6) is -0.0605. The molecule has 0 bridgehead atoms. The lowest BCUT2D eigenvalue weighted by atomic mass is 10.0. The van der Waals surface area contributed by atoms with E-state index in [4.69, 9.17) is 4.74 Å². The van der Waals surface area contributed by atoms with Gasteiger partial charge in [0.15, 0.2) is 5.76 Å². The molecule has 0 aliphatic carbocycles. The molecule has 1 aliphatic heterocycles. The van der Waals surface area contributed by atoms with E-state index < -0.39 is 21.7 Å². The third-order valence-corrected chi connectivity index (χ3v) is 3.83. The van der Waals surface area contributed by atoms with E-state index in [2.05, 4.69) is 4.18 Å². The molecule has 1 heterocycles. The first-order valence-electron chi connectivity index (χ1n) is 5.61. The summed E-state index contributed by atoms with van der Waals surface area (Å²) in [6.45, 7) is 3.05. The van der Waals surface area contributed by atoms with E-state index >= 15 is 0 Å². The standard InChI is InChI=1S/C12H11F3O4S/c1-7-8(2)18-10-6-4-3-5-9(10)11(7)19-20(16,17)12(13,14)15/h3-6,8H,1-2H3. The molecule has 0 fully saturated rings. The average Bonchev–Trinajstić information content (AvgIpc) is 2.33. The number of fused-ring (bicyclic) bond motifs is 1. The minimum Gasteiger partial charge on any atom is -0.485 e. The zero-order valence-corrected chi connectivity index (χ0v) is 11.4. The van der Waals surface area contributed by atoms with Crippen molar-refractivity contribution in [3.8, 4) is 5.75 Å². The molecule has 110 valence electrons. The van der Waals surface area contributed by atoms with Gasteiger partial charge in [0.2, 0.25) is 0 Å². The fourth-order valence-corrected chi connectivity index (χ4v) is 2.24. The van der Waals surface area contributed by atoms with Crippen LogP contribution in [-0.4, -0.2) is 20.0 Å². The maximum absolute atomic E-state index is 12.4. The van der Waals surface area contributed by atoms with Crippen molar-refractivity contribution in [1.29, 1.82) is 0 Å². The van der Waals surface area contributed by atoms with Crippen LogP contribution in [0.15, 0.2) is 29.8 Å². The van der Waals surface area contributed by atoms with Gasteiger partial charge in [-0.3, -0.25) is 0 Å². The third kappa shape index (κ3) is 2.47. The van der Waals surface area contributed by atoms with E-state index in [1.54, 1.807) is 19.1 Å². The Morgan fingerprint density at radius 2 is 1.85 bits per heavy atom. The van der Waals surface area contributed by atoms with E-state index in [0.29, 0.717) is 0 Å². The Kier molecular flexibility index (Phi) is 3.45. The van der Waals surface area contributed by atoms with Crippen LogP contribution in [0, 0.1) is 0 Å². The van der Waals surface area contributed by atoms with Gasteiger partial charge in [0.05, 0.1) is 5.56 Å². The molecule has 1 atom stereocenters. The summed E-state index contributed by atoms with van der Waals surface area (Å²) in [6.07, 6.45) is -0.580. The highest BCUT2D eigenvalue weighted by atomic mass is 32.2. The van der Waals surface area contributed by atoms with Crippen molar-refractivity contribution in [3.63, 3.8) is 0 Å². The summed E-state index contributed by atoms with van der Waals surface area (Å²) >= 11 is 0. The highest BCUT2D eigenvalue weighted by molar-refractivity contribution is 7.87. The van der Waals surface area contributed by atoms with E-state index in [-0.39, 0.29) is 22.6 Å². The van der Waals surface area contributed by atoms with E-state index in [9.17, 15) is 21.6 Å². The highest BCUT2D eigenvalue weighted by Crippen LogP contribution is 2.39. The smallest absolute Gasteiger partial charge is 0.485 e. The maximum atomic E-state index is 12.4. The molecule has 1 unspecified atom stereocenters. The first-order chi connectivity index (χ1) is 9.13. The molecule has 0 amide bonds. The van der Waals surface area contributed by atoms with Crippen LogP contribution < -0.4 is 4.74 Å². The van der Waals surface area contributed by atoms with Crippen molar-refractivity contribution in [2.24, 2.45) is 0 Å². The lowest BCUT2D eigenvalue weighted by Crippen LogP contribution is -2.28. The van der Waals surface area contributed by atoms with Crippen LogP contribution in [0.2, 0.25) is 0 Å². The summed E-state index contributed by atoms with van der Waals surface area (Å²) < 4.78 is 69.3. The van der Waals surface area contributed by atoms with Crippen molar-refractivity contribution in [2.75, 3.05) is 0 Å². The summed E-state index contributed by atoms with van der Waals surface area (Å²) in [5, 5.41) is 0. The maximum Gasteiger partial charge on any atom is 0.534 e. The molecule has 2 rings (SSSR count). The Morgan fingerprint density at radius 3 is 2.45 bits per heavy atom. The van der Waals surface area contributed by atoms with Crippen LogP contribution in [0.5, 0.6) is 5.75 Å². The molecule has 1 aliphatic rings. The van der Waals surface area contributed by atoms with Crippen LogP contribution in [-0.2, 0) is 14.3 Å². The van der Waals surface area contributed by atoms with Gasteiger partial charge in [-0.25, -0.2) is 0 Å². The highest BCUT2D eigenvalue weighted by Gasteiger charge is 2.49. The molecule has 1 aromatic rings. The van der Waals surface area contributed by atoms with Crippen LogP contribution in [0.3, 0.4) is 0 Å². The number of hydrogen-bond donors (Lipinski definition) is 0. The Balaban J connectivity index is 2.52. The van der Waals surface area contributed by atoms with Crippen molar-refractivity contribution >= 4 is 15.9 Å². The molecule has 20 heavy (non-hydrogen) atoms. The zero-order chi connectivity index (χ0) is 15.1. The Hall–Kier alpha value is -1.70. The first-order valence-corrected chi connectivity index (χ1v) is 7.02. The second-order valence-electron chi connectivity index (χ2n) is 4.25. The monoisotopic (exact) mass is 308 g/mol. The van der Waals surface area contributed by atoms with Crippen molar-refractivity contribution in [2.45, 2.75) is 25.5 Å². The molecule has 0 saturated heterocycles. The minimum atomic E-state index is -5.71. The Labute approximate surface area is 113 Å². The molecule has 8 heteroatoms. The van der Waals surface area contributed by atoms with Crippen molar-refractivity contribution < 1.29 is 30.5 Å². The quantitative estimate of drug-likeness (QED) is 0.622. The number of alkyl halides is 3. The van der Waals surface area contributed by atoms with Crippen LogP contribution in [0.25, 0.3) is 5.76 Å². The summed E-state index contributed by atoms with van der Waals surface area (Å²) in [5.41, 5.74) is -5.02. The van der Waals surface area contributed by atoms with E-state index in [1.807, 2.05) is 0 Å². The average molecular weight is 308 g/mol. The number of halogens is 3. The SMILES string of the molecule is CC1=C(OS(=O)(=O)C(F)(F)F)c2ccccc2OC1C. The Bertz CT molecular complexity index is 662. The van der Waals surface area contributed by atoms with Crippen molar-refractivity contribution in [3.05, 3.63) is 35.4 Å². The minimum absolute atomic E-state index is 0.177. The number of hydrogen-bond acceptors (Lipinski definition) is 4. The van der Waals surface area contributed by atoms with Gasteiger partial charge in [-0.15, -0.1) is 0 Å². The molecule has 0 aromatic heterocycles. The molecular weight excluding hydrogens is 297 g/mol. The van der Waals surface area contributed by atoms with Gasteiger partial charge in [0.25, 0.3) is 0 Å². The normalized spacial score (nSPS) is 19.4. The van der Waals surface area contributed by atoms with Gasteiger partial charge in [-0.1, -0.05) is 12.1 Å². The number of ether oxygens (including phenoxy) is 1. The second-order valence-corrected chi connectivity index (χ2v) is 5.79. The van der Waals surface area contributed by atoms with Gasteiger partial charge in [0, 0.05) is 5.57 Å². The Morgan fingerprint density at radius 1 is 1.25 bits per heavy atom. The van der Waals surface area contributed by atoms with E-state index in [1.165, 1.54) is 19.1 Å². The predicted molar refractivity (Wildman–Crippen MR) is 65.2 cm³/mol. The van der Waals surface area contributed by atoms with Gasteiger partial charge in [-0.2, -0.15) is 21.6 Å². The van der Waals surface area contributed by atoms with Crippen LogP contribution in [0.4, 0.5) is 13.2 Å². The van der Waals surface area contributed by atoms with E-state index in [0.717, 1.165) is 0 Å². The van der Waals surface area contributed by atoms with Gasteiger partial charge < -0.3 is 8.92 Å². The summed E-state index contributed by atoms with van der Waals surface area (Å²) in [6, 6.07) is 6.14. The topological polar surface area (TPSA) is 52.6 Å². The van der Waals surface area contributed by atoms with Gasteiger partial charge in [0.1, 0.15) is 11.9 Å². The lowest BCUT2D eigenvalue weighted by Gasteiger charge is -2.26. The number of benzene rings is 1. The fraction of sp³-hybridized carbons (Fsp3) is 0.333.